The molecule has 1 amide bonds. The highest BCUT2D eigenvalue weighted by atomic mass is 19.4. The van der Waals surface area contributed by atoms with Crippen LogP contribution < -0.4 is 5.43 Å². The number of carbonyl (C=O) groups is 1. The molecule has 1 N–H and O–H groups in total. The Bertz CT molecular complexity index is 708. The van der Waals surface area contributed by atoms with Gasteiger partial charge in [-0.3, -0.25) is 4.79 Å². The van der Waals surface area contributed by atoms with E-state index in [0.717, 1.165) is 6.07 Å². The van der Waals surface area contributed by atoms with Gasteiger partial charge in [0.1, 0.15) is 17.3 Å². The van der Waals surface area contributed by atoms with Gasteiger partial charge in [-0.1, -0.05) is 0 Å². The van der Waals surface area contributed by atoms with Gasteiger partial charge >= 0.3 is 6.18 Å². The summed E-state index contributed by atoms with van der Waals surface area (Å²) in [5.74, 6) is -3.54. The number of amides is 1. The van der Waals surface area contributed by atoms with Gasteiger partial charge in [0.15, 0.2) is 0 Å². The standard InChI is InChI=1S/C16H16F5N3O/c17-10-7-11(14(12(18)8-10)16(19,20)21)9-2-5-24(6-3-9)15(25)13-1-4-22-23-13/h7-9,22H,1-6H2. The maximum Gasteiger partial charge on any atom is 0.419 e. The SMILES string of the molecule is O=C(C1=NNCC1)N1CCC(c2cc(F)cc(F)c2C(F)(F)F)CC1. The monoisotopic (exact) mass is 361 g/mol. The molecular formula is C16H16F5N3O. The third kappa shape index (κ3) is 3.59. The summed E-state index contributed by atoms with van der Waals surface area (Å²) in [4.78, 5) is 13.8. The van der Waals surface area contributed by atoms with Crippen molar-refractivity contribution in [3.05, 3.63) is 34.9 Å². The Morgan fingerprint density at radius 1 is 1.20 bits per heavy atom. The lowest BCUT2D eigenvalue weighted by Gasteiger charge is -2.33. The van der Waals surface area contributed by atoms with Crippen molar-refractivity contribution in [2.24, 2.45) is 5.10 Å². The Morgan fingerprint density at radius 2 is 1.88 bits per heavy atom. The summed E-state index contributed by atoms with van der Waals surface area (Å²) in [6.07, 6.45) is -3.98. The normalized spacial score (nSPS) is 18.9. The van der Waals surface area contributed by atoms with E-state index in [4.69, 9.17) is 0 Å². The number of piperidine rings is 1. The molecule has 2 aliphatic rings. The molecule has 9 heteroatoms. The van der Waals surface area contributed by atoms with E-state index in [-0.39, 0.29) is 43.5 Å². The Hall–Kier alpha value is -2.19. The van der Waals surface area contributed by atoms with E-state index in [1.807, 2.05) is 0 Å². The molecule has 2 aliphatic heterocycles. The van der Waals surface area contributed by atoms with E-state index >= 15 is 0 Å². The first-order valence-corrected chi connectivity index (χ1v) is 7.92. The predicted octanol–water partition coefficient (Wildman–Crippen LogP) is 3.04. The second kappa shape index (κ2) is 6.61. The molecule has 0 atom stereocenters. The molecule has 1 saturated heterocycles. The van der Waals surface area contributed by atoms with Gasteiger partial charge in [0, 0.05) is 32.1 Å². The van der Waals surface area contributed by atoms with Gasteiger partial charge in [0.05, 0.1) is 5.56 Å². The van der Waals surface area contributed by atoms with Crippen LogP contribution in [0, 0.1) is 11.6 Å². The number of likely N-dealkylation sites (tertiary alicyclic amines) is 1. The van der Waals surface area contributed by atoms with E-state index in [2.05, 4.69) is 10.5 Å². The number of nitrogens with one attached hydrogen (secondary N) is 1. The lowest BCUT2D eigenvalue weighted by atomic mass is 9.85. The van der Waals surface area contributed by atoms with Gasteiger partial charge in [-0.15, -0.1) is 0 Å². The molecule has 4 nitrogen and oxygen atoms in total. The van der Waals surface area contributed by atoms with Crippen LogP contribution in [-0.4, -0.2) is 36.2 Å². The molecule has 0 spiro atoms. The minimum absolute atomic E-state index is 0.207. The number of hydrogen-bond donors (Lipinski definition) is 1. The van der Waals surface area contributed by atoms with E-state index < -0.39 is 29.3 Å². The zero-order valence-electron chi connectivity index (χ0n) is 13.2. The second-order valence-electron chi connectivity index (χ2n) is 6.13. The zero-order valence-corrected chi connectivity index (χ0v) is 13.2. The minimum atomic E-state index is -4.90. The molecule has 0 aromatic heterocycles. The molecular weight excluding hydrogens is 345 g/mol. The number of nitrogens with zero attached hydrogens (tertiary/aromatic N) is 2. The molecule has 0 radical (unpaired) electrons. The molecule has 0 aliphatic carbocycles. The summed E-state index contributed by atoms with van der Waals surface area (Å²) in [5, 5.41) is 3.89. The van der Waals surface area contributed by atoms with E-state index in [0.29, 0.717) is 18.7 Å². The van der Waals surface area contributed by atoms with Crippen molar-refractivity contribution >= 4 is 11.6 Å². The molecule has 136 valence electrons. The van der Waals surface area contributed by atoms with Crippen molar-refractivity contribution in [3.8, 4) is 0 Å². The highest BCUT2D eigenvalue weighted by Gasteiger charge is 2.40. The first-order valence-electron chi connectivity index (χ1n) is 7.92. The average Bonchev–Trinajstić information content (AvgIpc) is 3.06. The lowest BCUT2D eigenvalue weighted by molar-refractivity contribution is -0.141. The molecule has 0 saturated carbocycles. The van der Waals surface area contributed by atoms with Gasteiger partial charge in [-0.25, -0.2) is 8.78 Å². The summed E-state index contributed by atoms with van der Waals surface area (Å²) >= 11 is 0. The van der Waals surface area contributed by atoms with Crippen LogP contribution in [0.25, 0.3) is 0 Å². The Balaban J connectivity index is 1.78. The van der Waals surface area contributed by atoms with Crippen LogP contribution in [0.5, 0.6) is 0 Å². The number of hydrazone groups is 1. The van der Waals surface area contributed by atoms with Gasteiger partial charge in [0.2, 0.25) is 0 Å². The minimum Gasteiger partial charge on any atom is -0.338 e. The van der Waals surface area contributed by atoms with Crippen LogP contribution in [0.1, 0.15) is 36.3 Å². The molecule has 1 fully saturated rings. The lowest BCUT2D eigenvalue weighted by Crippen LogP contribution is -2.41. The first kappa shape index (κ1) is 17.6. The predicted molar refractivity (Wildman–Crippen MR) is 80.0 cm³/mol. The van der Waals surface area contributed by atoms with Crippen LogP contribution in [0.3, 0.4) is 0 Å². The summed E-state index contributed by atoms with van der Waals surface area (Å²) < 4.78 is 66.7. The van der Waals surface area contributed by atoms with Gasteiger partial charge in [-0.05, 0) is 30.4 Å². The fourth-order valence-corrected chi connectivity index (χ4v) is 3.33. The topological polar surface area (TPSA) is 44.7 Å². The summed E-state index contributed by atoms with van der Waals surface area (Å²) in [6, 6.07) is 0.995. The Morgan fingerprint density at radius 3 is 2.44 bits per heavy atom. The van der Waals surface area contributed by atoms with Crippen LogP contribution in [0.4, 0.5) is 22.0 Å². The molecule has 0 bridgehead atoms. The molecule has 0 unspecified atom stereocenters. The molecule has 3 rings (SSSR count). The van der Waals surface area contributed by atoms with Crippen molar-refractivity contribution in [1.29, 1.82) is 0 Å². The molecule has 2 heterocycles. The van der Waals surface area contributed by atoms with Crippen molar-refractivity contribution in [1.82, 2.24) is 10.3 Å². The number of carbonyl (C=O) groups excluding carboxylic acids is 1. The summed E-state index contributed by atoms with van der Waals surface area (Å²) in [6.45, 7) is 1.02. The quantitative estimate of drug-likeness (QED) is 0.823. The van der Waals surface area contributed by atoms with Gasteiger partial charge < -0.3 is 10.3 Å². The third-order valence-corrected chi connectivity index (χ3v) is 4.53. The molecule has 1 aromatic rings. The number of alkyl halides is 3. The average molecular weight is 361 g/mol. The highest BCUT2D eigenvalue weighted by Crippen LogP contribution is 2.40. The largest absolute Gasteiger partial charge is 0.419 e. The molecule has 1 aromatic carbocycles. The van der Waals surface area contributed by atoms with E-state index in [1.54, 1.807) is 0 Å². The van der Waals surface area contributed by atoms with Crippen LogP contribution >= 0.6 is 0 Å². The number of rotatable bonds is 2. The van der Waals surface area contributed by atoms with Crippen LogP contribution in [-0.2, 0) is 11.0 Å². The smallest absolute Gasteiger partial charge is 0.338 e. The number of halogens is 5. The highest BCUT2D eigenvalue weighted by molar-refractivity contribution is 6.39. The van der Waals surface area contributed by atoms with E-state index in [1.165, 1.54) is 4.90 Å². The second-order valence-corrected chi connectivity index (χ2v) is 6.13. The Labute approximate surface area is 140 Å². The van der Waals surface area contributed by atoms with Gasteiger partial charge in [-0.2, -0.15) is 18.3 Å². The first-order chi connectivity index (χ1) is 11.8. The van der Waals surface area contributed by atoms with Crippen molar-refractivity contribution in [2.75, 3.05) is 19.6 Å². The van der Waals surface area contributed by atoms with E-state index in [9.17, 15) is 26.7 Å². The third-order valence-electron chi connectivity index (χ3n) is 4.53. The van der Waals surface area contributed by atoms with Crippen molar-refractivity contribution in [2.45, 2.75) is 31.4 Å². The zero-order chi connectivity index (χ0) is 18.2. The molecule has 25 heavy (non-hydrogen) atoms. The van der Waals surface area contributed by atoms with Crippen molar-refractivity contribution in [3.63, 3.8) is 0 Å². The van der Waals surface area contributed by atoms with Gasteiger partial charge in [0.25, 0.3) is 5.91 Å². The number of hydrogen-bond acceptors (Lipinski definition) is 3. The fourth-order valence-electron chi connectivity index (χ4n) is 3.33. The fraction of sp³-hybridized carbons (Fsp3) is 0.500. The summed E-state index contributed by atoms with van der Waals surface area (Å²) in [5.41, 5.74) is 1.30. The Kier molecular flexibility index (Phi) is 4.66. The maximum atomic E-state index is 13.7. The maximum absolute atomic E-state index is 13.7. The van der Waals surface area contributed by atoms with Crippen LogP contribution in [0.15, 0.2) is 17.2 Å². The van der Waals surface area contributed by atoms with Crippen LogP contribution in [0.2, 0.25) is 0 Å². The summed E-state index contributed by atoms with van der Waals surface area (Å²) in [7, 11) is 0. The van der Waals surface area contributed by atoms with Crippen molar-refractivity contribution < 1.29 is 26.7 Å². The number of benzene rings is 1.